The van der Waals surface area contributed by atoms with Gasteiger partial charge in [-0.3, -0.25) is 0 Å². The molecule has 1 N–H and O–H groups in total. The summed E-state index contributed by atoms with van der Waals surface area (Å²) in [6.45, 7) is 1.74. The van der Waals surface area contributed by atoms with E-state index in [4.69, 9.17) is 0 Å². The fourth-order valence-corrected chi connectivity index (χ4v) is 3.31. The summed E-state index contributed by atoms with van der Waals surface area (Å²) >= 11 is -0.411. The number of nitrogens with zero attached hydrogens (tertiary/aromatic N) is 1. The van der Waals surface area contributed by atoms with Crippen LogP contribution in [-0.4, -0.2) is 35.5 Å². The summed E-state index contributed by atoms with van der Waals surface area (Å²) in [6, 6.07) is 2.49. The van der Waals surface area contributed by atoms with Gasteiger partial charge in [0, 0.05) is 36.1 Å². The van der Waals surface area contributed by atoms with E-state index in [0.717, 1.165) is 37.2 Å². The number of likely N-dealkylation sites (N-methyl/N-ethyl adjacent to an activating group) is 1. The minimum Gasteiger partial charge on any atom is -0.358 e. The van der Waals surface area contributed by atoms with Crippen molar-refractivity contribution in [2.24, 2.45) is 0 Å². The number of rotatable bonds is 1. The lowest BCUT2D eigenvalue weighted by molar-refractivity contribution is -0.0329. The quantitative estimate of drug-likeness (QED) is 0.634. The molecule has 2 nitrogen and oxygen atoms in total. The molecule has 1 aliphatic rings. The highest BCUT2D eigenvalue weighted by Gasteiger charge is 2.31. The van der Waals surface area contributed by atoms with Crippen LogP contribution in [0.1, 0.15) is 11.3 Å². The number of fused-ring (bicyclic) bond motifs is 3. The Morgan fingerprint density at radius 3 is 2.62 bits per heavy atom. The van der Waals surface area contributed by atoms with Gasteiger partial charge in [0.15, 0.2) is 0 Å². The second-order valence-electron chi connectivity index (χ2n) is 5.26. The predicted octanol–water partition coefficient (Wildman–Crippen LogP) is 3.95. The van der Waals surface area contributed by atoms with Gasteiger partial charge in [-0.25, -0.2) is 4.39 Å². The number of aromatic nitrogens is 1. The van der Waals surface area contributed by atoms with Crippen LogP contribution in [-0.2, 0) is 12.8 Å². The van der Waals surface area contributed by atoms with Crippen LogP contribution < -0.4 is 0 Å². The van der Waals surface area contributed by atoms with Crippen molar-refractivity contribution in [2.75, 3.05) is 20.1 Å². The molecule has 21 heavy (non-hydrogen) atoms. The van der Waals surface area contributed by atoms with Crippen molar-refractivity contribution in [3.05, 3.63) is 29.2 Å². The summed E-state index contributed by atoms with van der Waals surface area (Å²) in [5.41, 5.74) is -1.88. The minimum absolute atomic E-state index is 0.386. The molecule has 0 fully saturated rings. The van der Waals surface area contributed by atoms with Crippen molar-refractivity contribution in [1.82, 2.24) is 9.88 Å². The first-order valence-electron chi connectivity index (χ1n) is 6.61. The third-order valence-electron chi connectivity index (χ3n) is 3.76. The fraction of sp³-hybridized carbons (Fsp3) is 0.429. The molecule has 1 aromatic carbocycles. The minimum atomic E-state index is -4.49. The van der Waals surface area contributed by atoms with Crippen LogP contribution in [0, 0.1) is 5.82 Å². The van der Waals surface area contributed by atoms with Gasteiger partial charge in [0.2, 0.25) is 0 Å². The smallest absolute Gasteiger partial charge is 0.358 e. The van der Waals surface area contributed by atoms with E-state index >= 15 is 0 Å². The molecule has 1 aromatic heterocycles. The molecule has 2 heterocycles. The van der Waals surface area contributed by atoms with Gasteiger partial charge < -0.3 is 9.88 Å². The lowest BCUT2D eigenvalue weighted by atomic mass is 10.1. The van der Waals surface area contributed by atoms with E-state index in [1.54, 1.807) is 0 Å². The Bertz CT molecular complexity index is 678. The Balaban J connectivity index is 2.05. The molecule has 0 bridgehead atoms. The zero-order chi connectivity index (χ0) is 15.2. The second-order valence-corrected chi connectivity index (χ2v) is 6.37. The average molecular weight is 318 g/mol. The molecule has 3 rings (SSSR count). The van der Waals surface area contributed by atoms with Crippen LogP contribution in [0.5, 0.6) is 0 Å². The Hall–Kier alpha value is -1.21. The third-order valence-corrected chi connectivity index (χ3v) is 4.52. The number of nitrogens with one attached hydrogen (secondary N) is 1. The number of halogens is 4. The molecule has 0 spiro atoms. The van der Waals surface area contributed by atoms with Crippen molar-refractivity contribution in [3.8, 4) is 0 Å². The van der Waals surface area contributed by atoms with Crippen molar-refractivity contribution in [3.63, 3.8) is 0 Å². The van der Waals surface area contributed by atoms with Gasteiger partial charge in [-0.2, -0.15) is 13.2 Å². The normalized spacial score (nSPS) is 17.0. The van der Waals surface area contributed by atoms with E-state index in [1.807, 2.05) is 7.05 Å². The summed E-state index contributed by atoms with van der Waals surface area (Å²) in [4.78, 5) is 4.95. The Kier molecular flexibility index (Phi) is 3.65. The molecule has 0 radical (unpaired) electrons. The molecule has 0 unspecified atom stereocenters. The number of hydrogen-bond acceptors (Lipinski definition) is 2. The van der Waals surface area contributed by atoms with E-state index in [9.17, 15) is 17.6 Å². The Morgan fingerprint density at radius 1 is 1.19 bits per heavy atom. The van der Waals surface area contributed by atoms with Gasteiger partial charge in [0.05, 0.1) is 4.90 Å². The molecular weight excluding hydrogens is 304 g/mol. The molecule has 114 valence electrons. The lowest BCUT2D eigenvalue weighted by Gasteiger charge is -2.11. The van der Waals surface area contributed by atoms with Gasteiger partial charge in [-0.1, -0.05) is 0 Å². The number of alkyl halides is 3. The summed E-state index contributed by atoms with van der Waals surface area (Å²) < 4.78 is 51.2. The van der Waals surface area contributed by atoms with E-state index in [-0.39, 0.29) is 4.90 Å². The van der Waals surface area contributed by atoms with E-state index in [0.29, 0.717) is 10.9 Å². The third kappa shape index (κ3) is 3.03. The zero-order valence-electron chi connectivity index (χ0n) is 11.4. The van der Waals surface area contributed by atoms with Crippen LogP contribution in [0.4, 0.5) is 17.6 Å². The SMILES string of the molecule is CN1CCc2[nH]c3cc(SC(F)(F)F)c(F)cc3c2CC1. The predicted molar refractivity (Wildman–Crippen MR) is 75.1 cm³/mol. The number of benzene rings is 1. The van der Waals surface area contributed by atoms with Gasteiger partial charge in [-0.15, -0.1) is 0 Å². The van der Waals surface area contributed by atoms with Gasteiger partial charge in [0.1, 0.15) is 5.82 Å². The molecule has 7 heteroatoms. The highest BCUT2D eigenvalue weighted by atomic mass is 32.2. The van der Waals surface area contributed by atoms with Crippen molar-refractivity contribution >= 4 is 22.7 Å². The number of hydrogen-bond donors (Lipinski definition) is 1. The molecule has 0 aliphatic carbocycles. The molecule has 0 saturated heterocycles. The largest absolute Gasteiger partial charge is 0.446 e. The first kappa shape index (κ1) is 14.7. The summed E-state index contributed by atoms with van der Waals surface area (Å²) in [5.74, 6) is -0.816. The Morgan fingerprint density at radius 2 is 1.90 bits per heavy atom. The zero-order valence-corrected chi connectivity index (χ0v) is 12.2. The first-order valence-corrected chi connectivity index (χ1v) is 7.42. The van der Waals surface area contributed by atoms with Gasteiger partial charge in [-0.05, 0) is 42.9 Å². The van der Waals surface area contributed by atoms with Gasteiger partial charge in [0.25, 0.3) is 0 Å². The van der Waals surface area contributed by atoms with Gasteiger partial charge >= 0.3 is 5.51 Å². The fourth-order valence-electron chi connectivity index (χ4n) is 2.73. The summed E-state index contributed by atoms with van der Waals surface area (Å²) in [7, 11) is 2.02. The molecule has 1 aliphatic heterocycles. The molecule has 0 atom stereocenters. The summed E-state index contributed by atoms with van der Waals surface area (Å²) in [6.07, 6.45) is 1.57. The standard InChI is InChI=1S/C14H14F4N2S/c1-20-4-2-8-9-6-10(15)13(21-14(16,17)18)7-12(9)19-11(8)3-5-20/h6-7,19H,2-5H2,1H3. The maximum Gasteiger partial charge on any atom is 0.446 e. The number of thioether (sulfide) groups is 1. The van der Waals surface area contributed by atoms with Crippen molar-refractivity contribution in [2.45, 2.75) is 23.2 Å². The molecular formula is C14H14F4N2S. The van der Waals surface area contributed by atoms with Crippen LogP contribution in [0.15, 0.2) is 17.0 Å². The average Bonchev–Trinajstić information content (AvgIpc) is 2.58. The highest BCUT2D eigenvalue weighted by molar-refractivity contribution is 8.00. The first-order chi connectivity index (χ1) is 9.83. The lowest BCUT2D eigenvalue weighted by Crippen LogP contribution is -2.21. The highest BCUT2D eigenvalue weighted by Crippen LogP contribution is 2.40. The van der Waals surface area contributed by atoms with E-state index in [2.05, 4.69) is 9.88 Å². The molecule has 0 saturated carbocycles. The topological polar surface area (TPSA) is 19.0 Å². The number of H-pyrrole nitrogens is 1. The summed E-state index contributed by atoms with van der Waals surface area (Å²) in [5, 5.41) is 0.698. The van der Waals surface area contributed by atoms with Crippen LogP contribution in [0.25, 0.3) is 10.9 Å². The molecule has 0 amide bonds. The maximum atomic E-state index is 13.9. The van der Waals surface area contributed by atoms with E-state index in [1.165, 1.54) is 12.1 Å². The Labute approximate surface area is 123 Å². The monoisotopic (exact) mass is 318 g/mol. The number of aromatic amines is 1. The van der Waals surface area contributed by atoms with Crippen molar-refractivity contribution < 1.29 is 17.6 Å². The second kappa shape index (κ2) is 5.21. The van der Waals surface area contributed by atoms with Crippen LogP contribution in [0.3, 0.4) is 0 Å². The van der Waals surface area contributed by atoms with Crippen LogP contribution >= 0.6 is 11.8 Å². The van der Waals surface area contributed by atoms with Crippen LogP contribution in [0.2, 0.25) is 0 Å². The van der Waals surface area contributed by atoms with E-state index < -0.39 is 23.1 Å². The van der Waals surface area contributed by atoms with Crippen molar-refractivity contribution in [1.29, 1.82) is 0 Å². The maximum absolute atomic E-state index is 13.9. The molecule has 2 aromatic rings.